The SMILES string of the molecule is CNC(=O)[C@H]1C[C@H]2C[C@H](C2(C)C)[C@@]1(C)Nc1nc(Nc2ccc(N3CCC(N4CCC(C)CC4)CC3)c(F)c2)ncc1Cl. The maximum atomic E-state index is 15.4. The van der Waals surface area contributed by atoms with Gasteiger partial charge in [0.1, 0.15) is 10.8 Å². The number of carbonyl (C=O) groups excluding carboxylic acids is 1. The summed E-state index contributed by atoms with van der Waals surface area (Å²) in [5, 5.41) is 9.98. The number of anilines is 4. The number of fused-ring (bicyclic) bond motifs is 2. The number of halogens is 2. The monoisotopic (exact) mass is 611 g/mol. The van der Waals surface area contributed by atoms with Gasteiger partial charge in [-0.15, -0.1) is 0 Å². The minimum atomic E-state index is -0.527. The van der Waals surface area contributed by atoms with E-state index in [2.05, 4.69) is 58.4 Å². The molecule has 3 heterocycles. The number of nitrogens with one attached hydrogen (secondary N) is 3. The van der Waals surface area contributed by atoms with Crippen LogP contribution in [-0.2, 0) is 4.79 Å². The van der Waals surface area contributed by atoms with Crippen LogP contribution >= 0.6 is 11.6 Å². The van der Waals surface area contributed by atoms with E-state index in [1.807, 2.05) is 12.1 Å². The number of carbonyl (C=O) groups is 1. The van der Waals surface area contributed by atoms with Crippen molar-refractivity contribution in [2.24, 2.45) is 29.1 Å². The highest BCUT2D eigenvalue weighted by Crippen LogP contribution is 2.65. The Labute approximate surface area is 260 Å². The smallest absolute Gasteiger partial charge is 0.229 e. The van der Waals surface area contributed by atoms with E-state index in [0.717, 1.165) is 44.7 Å². The molecule has 10 heteroatoms. The Balaban J connectivity index is 1.13. The van der Waals surface area contributed by atoms with Crippen LogP contribution in [0.15, 0.2) is 24.4 Å². The summed E-state index contributed by atoms with van der Waals surface area (Å²) in [5.41, 5.74) is 0.805. The van der Waals surface area contributed by atoms with Crippen LogP contribution in [0.2, 0.25) is 5.02 Å². The van der Waals surface area contributed by atoms with E-state index in [0.29, 0.717) is 46.0 Å². The largest absolute Gasteiger partial charge is 0.369 e. The van der Waals surface area contributed by atoms with Crippen molar-refractivity contribution in [3.63, 3.8) is 0 Å². The van der Waals surface area contributed by atoms with Gasteiger partial charge in [-0.25, -0.2) is 9.37 Å². The lowest BCUT2D eigenvalue weighted by Gasteiger charge is -2.66. The Morgan fingerprint density at radius 1 is 1.07 bits per heavy atom. The van der Waals surface area contributed by atoms with E-state index in [1.165, 1.54) is 32.0 Å². The highest BCUT2D eigenvalue weighted by atomic mass is 35.5. The minimum absolute atomic E-state index is 0.0321. The van der Waals surface area contributed by atoms with Crippen LogP contribution in [0.1, 0.15) is 66.2 Å². The van der Waals surface area contributed by atoms with Crippen molar-refractivity contribution in [2.45, 2.75) is 77.8 Å². The molecule has 0 radical (unpaired) electrons. The van der Waals surface area contributed by atoms with E-state index < -0.39 is 5.54 Å². The molecule has 5 fully saturated rings. The third-order valence-corrected chi connectivity index (χ3v) is 11.8. The number of rotatable bonds is 7. The number of piperidine rings is 2. The average molecular weight is 612 g/mol. The second-order valence-corrected chi connectivity index (χ2v) is 14.6. The molecule has 4 atom stereocenters. The number of hydrogen-bond donors (Lipinski definition) is 3. The van der Waals surface area contributed by atoms with Crippen LogP contribution in [-0.4, -0.2) is 65.6 Å². The summed E-state index contributed by atoms with van der Waals surface area (Å²) in [4.78, 5) is 26.8. The summed E-state index contributed by atoms with van der Waals surface area (Å²) in [5.74, 6) is 2.01. The summed E-state index contributed by atoms with van der Waals surface area (Å²) in [6.07, 6.45) is 8.15. The summed E-state index contributed by atoms with van der Waals surface area (Å²) < 4.78 is 15.4. The van der Waals surface area contributed by atoms with Gasteiger partial charge < -0.3 is 25.8 Å². The van der Waals surface area contributed by atoms with Crippen molar-refractivity contribution in [1.29, 1.82) is 0 Å². The summed E-state index contributed by atoms with van der Waals surface area (Å²) in [7, 11) is 1.69. The average Bonchev–Trinajstić information content (AvgIpc) is 2.99. The first-order chi connectivity index (χ1) is 20.5. The van der Waals surface area contributed by atoms with Gasteiger partial charge in [0.05, 0.1) is 23.3 Å². The first kappa shape index (κ1) is 30.4. The minimum Gasteiger partial charge on any atom is -0.369 e. The van der Waals surface area contributed by atoms with Crippen molar-refractivity contribution in [3.05, 3.63) is 35.2 Å². The lowest BCUT2D eigenvalue weighted by molar-refractivity contribution is -0.155. The van der Waals surface area contributed by atoms with Crippen molar-refractivity contribution >= 4 is 40.6 Å². The van der Waals surface area contributed by atoms with E-state index >= 15 is 4.39 Å². The fraction of sp³-hybridized carbons (Fsp3) is 0.667. The molecule has 7 rings (SSSR count). The molecule has 1 aromatic heterocycles. The van der Waals surface area contributed by atoms with Crippen molar-refractivity contribution in [2.75, 3.05) is 48.8 Å². The standard InChI is InChI=1S/C33H47ClFN7O/c1-20-8-12-41(13-9-20)23-10-14-42(15-11-23)27-7-6-22(18-26(27)35)38-31-37-19-25(34)29(39-31)40-33(4)24(30(43)36-5)16-21-17-28(33)32(21,2)3/h6-7,18-21,23-24,28H,8-17H2,1-5H3,(H,36,43)(H2,37,38,39,40)/t21-,24+,28+,33-/m0/s1. The second kappa shape index (κ2) is 11.7. The van der Waals surface area contributed by atoms with Gasteiger partial charge in [0.15, 0.2) is 5.82 Å². The van der Waals surface area contributed by atoms with Gasteiger partial charge in [0, 0.05) is 31.9 Å². The molecule has 3 N–H and O–H groups in total. The van der Waals surface area contributed by atoms with Gasteiger partial charge in [0.25, 0.3) is 0 Å². The molecule has 1 aromatic carbocycles. The molecule has 2 saturated heterocycles. The van der Waals surface area contributed by atoms with Crippen molar-refractivity contribution < 1.29 is 9.18 Å². The zero-order chi connectivity index (χ0) is 30.5. The number of aromatic nitrogens is 2. The van der Waals surface area contributed by atoms with Crippen LogP contribution in [0.25, 0.3) is 0 Å². The summed E-state index contributed by atoms with van der Waals surface area (Å²) in [6, 6.07) is 5.85. The lowest BCUT2D eigenvalue weighted by atomic mass is 9.40. The molecule has 3 aliphatic carbocycles. The van der Waals surface area contributed by atoms with Crippen LogP contribution in [0.5, 0.6) is 0 Å². The molecule has 0 unspecified atom stereocenters. The van der Waals surface area contributed by atoms with Gasteiger partial charge in [-0.3, -0.25) is 4.79 Å². The van der Waals surface area contributed by atoms with E-state index in [-0.39, 0.29) is 23.1 Å². The quantitative estimate of drug-likeness (QED) is 0.338. The van der Waals surface area contributed by atoms with Gasteiger partial charge >= 0.3 is 0 Å². The topological polar surface area (TPSA) is 85.4 Å². The first-order valence-electron chi connectivity index (χ1n) is 16.1. The van der Waals surface area contributed by atoms with Crippen LogP contribution in [0.4, 0.5) is 27.5 Å². The molecule has 43 heavy (non-hydrogen) atoms. The molecule has 2 aliphatic heterocycles. The van der Waals surface area contributed by atoms with Crippen LogP contribution in [0, 0.1) is 34.9 Å². The Hall–Kier alpha value is -2.65. The van der Waals surface area contributed by atoms with E-state index in [9.17, 15) is 4.79 Å². The van der Waals surface area contributed by atoms with Gasteiger partial charge in [-0.2, -0.15) is 4.98 Å². The fourth-order valence-corrected chi connectivity index (χ4v) is 8.68. The van der Waals surface area contributed by atoms with Gasteiger partial charge in [-0.05, 0) is 99.9 Å². The van der Waals surface area contributed by atoms with Crippen LogP contribution < -0.4 is 20.9 Å². The molecule has 1 amide bonds. The predicted octanol–water partition coefficient (Wildman–Crippen LogP) is 6.31. The molecule has 2 bridgehead atoms. The third kappa shape index (κ3) is 5.68. The second-order valence-electron chi connectivity index (χ2n) is 14.2. The lowest BCUT2D eigenvalue weighted by Crippen LogP contribution is -2.69. The fourth-order valence-electron chi connectivity index (χ4n) is 8.54. The number of likely N-dealkylation sites (tertiary alicyclic amines) is 1. The first-order valence-corrected chi connectivity index (χ1v) is 16.4. The highest BCUT2D eigenvalue weighted by Gasteiger charge is 2.64. The number of benzene rings is 1. The molecule has 5 aliphatic rings. The Morgan fingerprint density at radius 2 is 1.79 bits per heavy atom. The molecular weight excluding hydrogens is 565 g/mol. The number of nitrogens with zero attached hydrogens (tertiary/aromatic N) is 4. The van der Waals surface area contributed by atoms with E-state index in [4.69, 9.17) is 16.6 Å². The Kier molecular flexibility index (Phi) is 8.26. The van der Waals surface area contributed by atoms with Gasteiger partial charge in [-0.1, -0.05) is 32.4 Å². The normalized spacial score (nSPS) is 29.6. The van der Waals surface area contributed by atoms with Crippen molar-refractivity contribution in [1.82, 2.24) is 20.2 Å². The number of amides is 1. The predicted molar refractivity (Wildman–Crippen MR) is 172 cm³/mol. The zero-order valence-electron chi connectivity index (χ0n) is 26.2. The van der Waals surface area contributed by atoms with Crippen molar-refractivity contribution in [3.8, 4) is 0 Å². The van der Waals surface area contributed by atoms with E-state index in [1.54, 1.807) is 13.2 Å². The summed E-state index contributed by atoms with van der Waals surface area (Å²) in [6.45, 7) is 13.2. The Morgan fingerprint density at radius 3 is 2.44 bits per heavy atom. The van der Waals surface area contributed by atoms with Gasteiger partial charge in [0.2, 0.25) is 11.9 Å². The molecule has 0 spiro atoms. The van der Waals surface area contributed by atoms with Crippen LogP contribution in [0.3, 0.4) is 0 Å². The molecular formula is C33H47ClFN7O. The molecule has 8 nitrogen and oxygen atoms in total. The maximum absolute atomic E-state index is 15.4. The Bertz CT molecular complexity index is 1340. The summed E-state index contributed by atoms with van der Waals surface area (Å²) >= 11 is 6.59. The highest BCUT2D eigenvalue weighted by molar-refractivity contribution is 6.32. The maximum Gasteiger partial charge on any atom is 0.229 e. The number of hydrogen-bond acceptors (Lipinski definition) is 7. The molecule has 3 saturated carbocycles. The zero-order valence-corrected chi connectivity index (χ0v) is 27.0. The molecule has 2 aromatic rings. The molecule has 234 valence electrons. The third-order valence-electron chi connectivity index (χ3n) is 11.5.